The maximum absolute atomic E-state index is 12.6. The average Bonchev–Trinajstić information content (AvgIpc) is 2.86. The molecule has 1 aromatic rings. The Kier molecular flexibility index (Phi) is 2.86. The van der Waals surface area contributed by atoms with Crippen LogP contribution in [-0.4, -0.2) is 39.0 Å². The molecule has 98 valence electrons. The number of rotatable bonds is 1. The predicted molar refractivity (Wildman–Crippen MR) is 67.9 cm³/mol. The fourth-order valence-corrected chi connectivity index (χ4v) is 2.93. The number of hydrogen-bond acceptors (Lipinski definition) is 3. The monoisotopic (exact) mass is 248 g/mol. The van der Waals surface area contributed by atoms with Crippen molar-refractivity contribution in [3.63, 3.8) is 0 Å². The lowest BCUT2D eigenvalue weighted by molar-refractivity contribution is -0.140. The molecule has 18 heavy (non-hydrogen) atoms. The summed E-state index contributed by atoms with van der Waals surface area (Å²) in [6.07, 6.45) is 7.05. The van der Waals surface area contributed by atoms with Crippen molar-refractivity contribution in [1.29, 1.82) is 0 Å². The lowest BCUT2D eigenvalue weighted by Crippen LogP contribution is -2.58. The number of nitrogens with zero attached hydrogens (tertiary/aromatic N) is 3. The summed E-state index contributed by atoms with van der Waals surface area (Å²) in [5.41, 5.74) is -0.368. The lowest BCUT2D eigenvalue weighted by atomic mass is 9.89. The van der Waals surface area contributed by atoms with Gasteiger partial charge < -0.3 is 14.8 Å². The lowest BCUT2D eigenvalue weighted by Gasteiger charge is -2.39. The Hall–Kier alpha value is -1.36. The molecule has 1 atom stereocenters. The highest BCUT2D eigenvalue weighted by Crippen LogP contribution is 2.23. The smallest absolute Gasteiger partial charge is 0.243 e. The summed E-state index contributed by atoms with van der Waals surface area (Å²) < 4.78 is 2.13. The minimum absolute atomic E-state index is 0.233. The Balaban J connectivity index is 1.74. The van der Waals surface area contributed by atoms with Gasteiger partial charge in [0.05, 0.1) is 12.1 Å². The molecule has 5 nitrogen and oxygen atoms in total. The van der Waals surface area contributed by atoms with Crippen molar-refractivity contribution >= 4 is 5.91 Å². The van der Waals surface area contributed by atoms with Crippen molar-refractivity contribution < 1.29 is 4.79 Å². The maximum atomic E-state index is 12.6. The molecular weight excluding hydrogens is 228 g/mol. The highest BCUT2D eigenvalue weighted by Gasteiger charge is 2.38. The van der Waals surface area contributed by atoms with Crippen LogP contribution in [0, 0.1) is 0 Å². The summed E-state index contributed by atoms with van der Waals surface area (Å²) in [5, 5.41) is 3.39. The van der Waals surface area contributed by atoms with Crippen molar-refractivity contribution in [3.05, 3.63) is 18.2 Å². The van der Waals surface area contributed by atoms with Crippen molar-refractivity contribution in [2.24, 2.45) is 0 Å². The van der Waals surface area contributed by atoms with Crippen LogP contribution in [0.2, 0.25) is 0 Å². The van der Waals surface area contributed by atoms with Gasteiger partial charge in [0.15, 0.2) is 0 Å². The van der Waals surface area contributed by atoms with Crippen LogP contribution in [0.5, 0.6) is 0 Å². The quantitative estimate of drug-likeness (QED) is 0.798. The zero-order valence-corrected chi connectivity index (χ0v) is 10.9. The topological polar surface area (TPSA) is 50.2 Å². The van der Waals surface area contributed by atoms with Gasteiger partial charge in [0.1, 0.15) is 5.82 Å². The van der Waals surface area contributed by atoms with Crippen LogP contribution in [0.3, 0.4) is 0 Å². The Labute approximate surface area is 107 Å². The van der Waals surface area contributed by atoms with Gasteiger partial charge in [-0.25, -0.2) is 4.98 Å². The number of carbonyl (C=O) groups is 1. The van der Waals surface area contributed by atoms with E-state index in [1.165, 1.54) is 6.42 Å². The van der Waals surface area contributed by atoms with E-state index in [9.17, 15) is 4.79 Å². The van der Waals surface area contributed by atoms with E-state index in [0.29, 0.717) is 6.54 Å². The molecule has 0 bridgehead atoms. The van der Waals surface area contributed by atoms with E-state index in [0.717, 1.165) is 38.3 Å². The first-order chi connectivity index (χ1) is 8.69. The van der Waals surface area contributed by atoms with Gasteiger partial charge in [0.25, 0.3) is 0 Å². The van der Waals surface area contributed by atoms with Gasteiger partial charge >= 0.3 is 0 Å². The van der Waals surface area contributed by atoms with Crippen molar-refractivity contribution in [2.45, 2.75) is 44.8 Å². The molecule has 1 aromatic heterocycles. The van der Waals surface area contributed by atoms with E-state index >= 15 is 0 Å². The van der Waals surface area contributed by atoms with Gasteiger partial charge in [0.2, 0.25) is 5.91 Å². The summed E-state index contributed by atoms with van der Waals surface area (Å²) in [5.74, 6) is 1.23. The van der Waals surface area contributed by atoms with Crippen LogP contribution in [-0.2, 0) is 17.9 Å². The predicted octanol–water partition coefficient (Wildman–Crippen LogP) is 0.757. The Morgan fingerprint density at radius 2 is 2.33 bits per heavy atom. The normalized spacial score (nSPS) is 27.9. The molecule has 2 aliphatic rings. The molecule has 1 unspecified atom stereocenters. The summed E-state index contributed by atoms with van der Waals surface area (Å²) in [6, 6.07) is 0. The van der Waals surface area contributed by atoms with Gasteiger partial charge in [-0.15, -0.1) is 0 Å². The van der Waals surface area contributed by atoms with Gasteiger partial charge in [-0.2, -0.15) is 0 Å². The number of piperidine rings is 1. The molecule has 2 aliphatic heterocycles. The molecule has 1 N–H and O–H groups in total. The summed E-state index contributed by atoms with van der Waals surface area (Å²) in [4.78, 5) is 18.9. The molecule has 1 saturated heterocycles. The summed E-state index contributed by atoms with van der Waals surface area (Å²) >= 11 is 0. The van der Waals surface area contributed by atoms with Crippen LogP contribution in [0.25, 0.3) is 0 Å². The first-order valence-electron chi connectivity index (χ1n) is 6.73. The fourth-order valence-electron chi connectivity index (χ4n) is 2.93. The van der Waals surface area contributed by atoms with E-state index in [1.807, 2.05) is 24.2 Å². The van der Waals surface area contributed by atoms with Crippen LogP contribution >= 0.6 is 0 Å². The van der Waals surface area contributed by atoms with Crippen molar-refractivity contribution in [2.75, 3.05) is 13.1 Å². The average molecular weight is 248 g/mol. The molecular formula is C13H20N4O. The first-order valence-corrected chi connectivity index (χ1v) is 6.73. The van der Waals surface area contributed by atoms with Crippen LogP contribution in [0.15, 0.2) is 12.4 Å². The van der Waals surface area contributed by atoms with Gasteiger partial charge in [-0.3, -0.25) is 4.79 Å². The molecule has 3 rings (SSSR count). The Morgan fingerprint density at radius 3 is 3.11 bits per heavy atom. The second-order valence-corrected chi connectivity index (χ2v) is 5.48. The van der Waals surface area contributed by atoms with Gasteiger partial charge in [0, 0.05) is 25.5 Å². The first kappa shape index (κ1) is 11.7. The third kappa shape index (κ3) is 1.92. The molecule has 0 aromatic carbocycles. The molecule has 0 saturated carbocycles. The number of carbonyl (C=O) groups excluding carboxylic acids is 1. The third-order valence-corrected chi connectivity index (χ3v) is 4.12. The van der Waals surface area contributed by atoms with E-state index in [2.05, 4.69) is 14.9 Å². The highest BCUT2D eigenvalue weighted by atomic mass is 16.2. The van der Waals surface area contributed by atoms with Crippen LogP contribution < -0.4 is 5.32 Å². The van der Waals surface area contributed by atoms with Crippen LogP contribution in [0.4, 0.5) is 0 Å². The zero-order chi connectivity index (χ0) is 12.6. The summed E-state index contributed by atoms with van der Waals surface area (Å²) in [6.45, 7) is 5.28. The van der Waals surface area contributed by atoms with Gasteiger partial charge in [-0.1, -0.05) is 0 Å². The zero-order valence-electron chi connectivity index (χ0n) is 10.9. The van der Waals surface area contributed by atoms with Gasteiger partial charge in [-0.05, 0) is 32.7 Å². The molecule has 1 fully saturated rings. The number of nitrogens with one attached hydrogen (secondary N) is 1. The number of aromatic nitrogens is 2. The van der Waals surface area contributed by atoms with E-state index < -0.39 is 0 Å². The van der Waals surface area contributed by atoms with Crippen LogP contribution in [0.1, 0.15) is 32.0 Å². The van der Waals surface area contributed by atoms with Crippen molar-refractivity contribution in [1.82, 2.24) is 19.8 Å². The third-order valence-electron chi connectivity index (χ3n) is 4.12. The SMILES string of the molecule is CC1(C(=O)N2CCn3ccnc3C2)CCCCN1. The standard InChI is InChI=1S/C13H20N4O/c1-13(4-2-3-5-15-13)12(18)17-9-8-16-7-6-14-11(16)10-17/h6-7,15H,2-5,8-10H2,1H3. The maximum Gasteiger partial charge on any atom is 0.243 e. The molecule has 0 spiro atoms. The number of fused-ring (bicyclic) bond motifs is 1. The molecule has 0 aliphatic carbocycles. The fraction of sp³-hybridized carbons (Fsp3) is 0.692. The highest BCUT2D eigenvalue weighted by molar-refractivity contribution is 5.86. The molecule has 0 radical (unpaired) electrons. The Bertz CT molecular complexity index is 448. The molecule has 5 heteroatoms. The van der Waals surface area contributed by atoms with E-state index in [4.69, 9.17) is 0 Å². The van der Waals surface area contributed by atoms with E-state index in [-0.39, 0.29) is 11.4 Å². The second kappa shape index (κ2) is 4.39. The number of hydrogen-bond donors (Lipinski definition) is 1. The number of imidazole rings is 1. The Morgan fingerprint density at radius 1 is 1.44 bits per heavy atom. The second-order valence-electron chi connectivity index (χ2n) is 5.48. The summed E-state index contributed by atoms with van der Waals surface area (Å²) in [7, 11) is 0. The minimum Gasteiger partial charge on any atom is -0.332 e. The van der Waals surface area contributed by atoms with Crippen molar-refractivity contribution in [3.8, 4) is 0 Å². The molecule has 3 heterocycles. The largest absolute Gasteiger partial charge is 0.332 e. The minimum atomic E-state index is -0.368. The van der Waals surface area contributed by atoms with E-state index in [1.54, 1.807) is 0 Å². The molecule has 1 amide bonds. The number of amides is 1.